The average molecular weight is 393 g/mol. The summed E-state index contributed by atoms with van der Waals surface area (Å²) in [6, 6.07) is 9.70. The summed E-state index contributed by atoms with van der Waals surface area (Å²) in [5.74, 6) is 2.10. The molecule has 0 bridgehead atoms. The average Bonchev–Trinajstić information content (AvgIpc) is 3.07. The molecule has 0 radical (unpaired) electrons. The Labute approximate surface area is 156 Å². The van der Waals surface area contributed by atoms with Crippen LogP contribution in [0.5, 0.6) is 5.88 Å². The summed E-state index contributed by atoms with van der Waals surface area (Å²) in [5.41, 5.74) is 1.28. The number of nitrogens with zero attached hydrogens (tertiary/aromatic N) is 1. The van der Waals surface area contributed by atoms with Crippen LogP contribution in [-0.4, -0.2) is 43.2 Å². The number of carbonyl (C=O) groups is 1. The van der Waals surface area contributed by atoms with Crippen molar-refractivity contribution in [2.75, 3.05) is 27.8 Å². The highest BCUT2D eigenvalue weighted by atomic mass is 32.2. The molecule has 1 amide bonds. The SMILES string of the molecule is CS(=O)(=O)Nc1cccc(NC(=O)c2ccnc(O[C@@H]3CCSC3)c2)c1. The number of ether oxygens (including phenoxy) is 1. The van der Waals surface area contributed by atoms with Crippen molar-refractivity contribution in [2.45, 2.75) is 12.5 Å². The van der Waals surface area contributed by atoms with E-state index in [1.165, 1.54) is 6.20 Å². The van der Waals surface area contributed by atoms with Gasteiger partial charge in [0.05, 0.1) is 11.9 Å². The maximum Gasteiger partial charge on any atom is 0.255 e. The van der Waals surface area contributed by atoms with Gasteiger partial charge in [0.25, 0.3) is 5.91 Å². The maximum absolute atomic E-state index is 12.5. The van der Waals surface area contributed by atoms with Crippen molar-refractivity contribution in [1.29, 1.82) is 0 Å². The Morgan fingerprint density at radius 1 is 1.27 bits per heavy atom. The zero-order valence-corrected chi connectivity index (χ0v) is 15.8. The largest absolute Gasteiger partial charge is 0.473 e. The summed E-state index contributed by atoms with van der Waals surface area (Å²) in [6.07, 6.45) is 3.71. The van der Waals surface area contributed by atoms with E-state index in [1.54, 1.807) is 36.4 Å². The number of anilines is 2. The number of amides is 1. The highest BCUT2D eigenvalue weighted by molar-refractivity contribution is 7.99. The first-order valence-corrected chi connectivity index (χ1v) is 11.0. The van der Waals surface area contributed by atoms with E-state index in [9.17, 15) is 13.2 Å². The van der Waals surface area contributed by atoms with Gasteiger partial charge in [0.2, 0.25) is 15.9 Å². The molecule has 1 saturated heterocycles. The lowest BCUT2D eigenvalue weighted by molar-refractivity contribution is 0.102. The van der Waals surface area contributed by atoms with Crippen molar-refractivity contribution in [1.82, 2.24) is 4.98 Å². The van der Waals surface area contributed by atoms with Crippen LogP contribution in [0.4, 0.5) is 11.4 Å². The molecule has 2 heterocycles. The Morgan fingerprint density at radius 2 is 2.08 bits per heavy atom. The van der Waals surface area contributed by atoms with Crippen LogP contribution in [-0.2, 0) is 10.0 Å². The number of benzene rings is 1. The number of sulfonamides is 1. The number of hydrogen-bond donors (Lipinski definition) is 2. The molecular weight excluding hydrogens is 374 g/mol. The lowest BCUT2D eigenvalue weighted by Crippen LogP contribution is -2.17. The van der Waals surface area contributed by atoms with Crippen LogP contribution in [0.3, 0.4) is 0 Å². The standard InChI is InChI=1S/C17H19N3O4S2/c1-26(22,23)20-14-4-2-3-13(10-14)19-17(21)12-5-7-18-16(9-12)24-15-6-8-25-11-15/h2-5,7,9-10,15,20H,6,8,11H2,1H3,(H,19,21)/t15-/m1/s1. The van der Waals surface area contributed by atoms with Crippen molar-refractivity contribution >= 4 is 39.1 Å². The number of thioether (sulfide) groups is 1. The number of rotatable bonds is 6. The normalized spacial score (nSPS) is 16.9. The van der Waals surface area contributed by atoms with Crippen LogP contribution in [0.25, 0.3) is 0 Å². The topological polar surface area (TPSA) is 97.4 Å². The second-order valence-electron chi connectivity index (χ2n) is 5.90. The minimum absolute atomic E-state index is 0.129. The summed E-state index contributed by atoms with van der Waals surface area (Å²) < 4.78 is 30.8. The Balaban J connectivity index is 1.69. The molecule has 2 aromatic rings. The Kier molecular flexibility index (Phi) is 5.67. The first-order valence-electron chi connectivity index (χ1n) is 7.99. The summed E-state index contributed by atoms with van der Waals surface area (Å²) in [5, 5.41) is 2.74. The quantitative estimate of drug-likeness (QED) is 0.783. The van der Waals surface area contributed by atoms with Crippen LogP contribution in [0.1, 0.15) is 16.8 Å². The molecule has 3 rings (SSSR count). The molecule has 1 fully saturated rings. The minimum Gasteiger partial charge on any atom is -0.473 e. The molecule has 1 aromatic heterocycles. The fourth-order valence-electron chi connectivity index (χ4n) is 2.47. The Hall–Kier alpha value is -2.26. The first-order chi connectivity index (χ1) is 12.4. The van der Waals surface area contributed by atoms with Crippen molar-refractivity contribution in [3.05, 3.63) is 48.2 Å². The Morgan fingerprint density at radius 3 is 2.81 bits per heavy atom. The summed E-state index contributed by atoms with van der Waals surface area (Å²) >= 11 is 1.84. The smallest absolute Gasteiger partial charge is 0.255 e. The molecule has 0 unspecified atom stereocenters. The van der Waals surface area contributed by atoms with E-state index in [4.69, 9.17) is 4.74 Å². The first kappa shape index (κ1) is 18.5. The monoisotopic (exact) mass is 393 g/mol. The van der Waals surface area contributed by atoms with E-state index >= 15 is 0 Å². The van der Waals surface area contributed by atoms with Crippen molar-refractivity contribution < 1.29 is 17.9 Å². The molecule has 9 heteroatoms. The number of pyridine rings is 1. The Bertz CT molecular complexity index is 896. The zero-order valence-electron chi connectivity index (χ0n) is 14.1. The van der Waals surface area contributed by atoms with Crippen LogP contribution in [0.15, 0.2) is 42.6 Å². The number of aromatic nitrogens is 1. The van der Waals surface area contributed by atoms with Crippen LogP contribution < -0.4 is 14.8 Å². The second-order valence-corrected chi connectivity index (χ2v) is 8.79. The molecule has 26 heavy (non-hydrogen) atoms. The van der Waals surface area contributed by atoms with Crippen molar-refractivity contribution in [3.8, 4) is 5.88 Å². The van der Waals surface area contributed by atoms with Crippen LogP contribution >= 0.6 is 11.8 Å². The van der Waals surface area contributed by atoms with Crippen LogP contribution in [0, 0.1) is 0 Å². The molecule has 138 valence electrons. The van der Waals surface area contributed by atoms with Gasteiger partial charge in [-0.05, 0) is 36.4 Å². The van der Waals surface area contributed by atoms with Gasteiger partial charge in [0, 0.05) is 29.3 Å². The van der Waals surface area contributed by atoms with E-state index in [0.717, 1.165) is 24.2 Å². The molecule has 1 aromatic carbocycles. The number of hydrogen-bond acceptors (Lipinski definition) is 6. The van der Waals surface area contributed by atoms with Gasteiger partial charge in [0.1, 0.15) is 6.10 Å². The van der Waals surface area contributed by atoms with Gasteiger partial charge < -0.3 is 10.1 Å². The molecule has 0 saturated carbocycles. The fraction of sp³-hybridized carbons (Fsp3) is 0.294. The molecule has 0 spiro atoms. The molecule has 1 aliphatic rings. The van der Waals surface area contributed by atoms with Crippen molar-refractivity contribution in [3.63, 3.8) is 0 Å². The third-order valence-corrected chi connectivity index (χ3v) is 5.33. The van der Waals surface area contributed by atoms with Gasteiger partial charge in [-0.2, -0.15) is 11.8 Å². The van der Waals surface area contributed by atoms with Gasteiger partial charge in [0.15, 0.2) is 0 Å². The van der Waals surface area contributed by atoms with E-state index in [-0.39, 0.29) is 12.0 Å². The van der Waals surface area contributed by atoms with E-state index < -0.39 is 10.0 Å². The lowest BCUT2D eigenvalue weighted by Gasteiger charge is -2.12. The van der Waals surface area contributed by atoms with Gasteiger partial charge in [-0.3, -0.25) is 9.52 Å². The minimum atomic E-state index is -3.38. The lowest BCUT2D eigenvalue weighted by atomic mass is 10.2. The second kappa shape index (κ2) is 7.96. The third-order valence-electron chi connectivity index (χ3n) is 3.60. The number of carbonyl (C=O) groups excluding carboxylic acids is 1. The van der Waals surface area contributed by atoms with E-state index in [0.29, 0.717) is 22.8 Å². The van der Waals surface area contributed by atoms with Gasteiger partial charge >= 0.3 is 0 Å². The molecule has 7 nitrogen and oxygen atoms in total. The van der Waals surface area contributed by atoms with Gasteiger partial charge in [-0.25, -0.2) is 13.4 Å². The molecule has 0 aliphatic carbocycles. The highest BCUT2D eigenvalue weighted by Gasteiger charge is 2.18. The highest BCUT2D eigenvalue weighted by Crippen LogP contribution is 2.23. The molecular formula is C17H19N3O4S2. The maximum atomic E-state index is 12.5. The summed E-state index contributed by atoms with van der Waals surface area (Å²) in [4.78, 5) is 16.6. The predicted octanol–water partition coefficient (Wildman–Crippen LogP) is 2.59. The fourth-order valence-corrected chi connectivity index (χ4v) is 4.12. The van der Waals surface area contributed by atoms with Gasteiger partial charge in [-0.1, -0.05) is 6.07 Å². The molecule has 2 N–H and O–H groups in total. The number of nitrogens with one attached hydrogen (secondary N) is 2. The van der Waals surface area contributed by atoms with E-state index in [2.05, 4.69) is 15.0 Å². The third kappa shape index (κ3) is 5.37. The van der Waals surface area contributed by atoms with Crippen LogP contribution in [0.2, 0.25) is 0 Å². The van der Waals surface area contributed by atoms with E-state index in [1.807, 2.05) is 11.8 Å². The molecule has 1 aliphatic heterocycles. The summed E-state index contributed by atoms with van der Waals surface area (Å²) in [7, 11) is -3.38. The molecule has 1 atom stereocenters. The van der Waals surface area contributed by atoms with Gasteiger partial charge in [-0.15, -0.1) is 0 Å². The summed E-state index contributed by atoms with van der Waals surface area (Å²) in [6.45, 7) is 0. The zero-order chi connectivity index (χ0) is 18.6. The predicted molar refractivity (Wildman–Crippen MR) is 103 cm³/mol. The van der Waals surface area contributed by atoms with Crippen molar-refractivity contribution in [2.24, 2.45) is 0 Å².